The number of nitrogens with zero attached hydrogens (tertiary/aromatic N) is 2. The summed E-state index contributed by atoms with van der Waals surface area (Å²) >= 11 is 0. The minimum Gasteiger partial charge on any atom is -1.00 e. The van der Waals surface area contributed by atoms with E-state index in [-0.39, 0.29) is 51.8 Å². The van der Waals surface area contributed by atoms with Crippen molar-refractivity contribution in [3.63, 3.8) is 0 Å². The first-order valence-corrected chi connectivity index (χ1v) is 7.32. The monoisotopic (exact) mass is 420 g/mol. The van der Waals surface area contributed by atoms with Gasteiger partial charge in [-0.05, 0) is 23.6 Å². The minimum absolute atomic E-state index is 0. The zero-order chi connectivity index (χ0) is 17.1. The average molecular weight is 421 g/mol. The van der Waals surface area contributed by atoms with Gasteiger partial charge < -0.3 is 27.2 Å². The van der Waals surface area contributed by atoms with Gasteiger partial charge >= 0.3 is 5.69 Å². The van der Waals surface area contributed by atoms with Crippen molar-refractivity contribution < 1.29 is 41.5 Å². The summed E-state index contributed by atoms with van der Waals surface area (Å²) in [4.78, 5) is 23.0. The second-order valence-corrected chi connectivity index (χ2v) is 5.31. The van der Waals surface area contributed by atoms with Crippen LogP contribution < -0.4 is 26.3 Å². The molecule has 2 N–H and O–H groups in total. The number of nitro benzene ring substituents is 1. The zero-order valence-corrected chi connectivity index (χ0v) is 15.5. The number of carbonyl (C=O) groups is 1. The lowest BCUT2D eigenvalue weighted by Gasteiger charge is -2.04. The minimum atomic E-state index is -0.557. The Bertz CT molecular complexity index is 946. The Kier molecular flexibility index (Phi) is 7.36. The molecule has 0 atom stereocenters. The molecule has 0 aliphatic carbocycles. The summed E-state index contributed by atoms with van der Waals surface area (Å²) in [5.41, 5.74) is 0.0648. The number of aromatic nitrogens is 1. The maximum atomic E-state index is 12.4. The van der Waals surface area contributed by atoms with Gasteiger partial charge in [0.15, 0.2) is 18.1 Å². The Balaban J connectivity index is 0.00000169. The number of ketones is 1. The maximum Gasteiger partial charge on any atom is 0.311 e. The van der Waals surface area contributed by atoms with Gasteiger partial charge in [0, 0.05) is 23.1 Å². The summed E-state index contributed by atoms with van der Waals surface area (Å²) in [7, 11) is 1.36. The number of nitro groups is 1. The van der Waals surface area contributed by atoms with Crippen LogP contribution in [-0.4, -0.2) is 23.3 Å². The molecule has 1 aromatic heterocycles. The molecule has 2 aromatic carbocycles. The smallest absolute Gasteiger partial charge is 0.311 e. The highest BCUT2D eigenvalue weighted by atomic mass is 79.9. The number of ether oxygens (including phenoxy) is 1. The Morgan fingerprint density at radius 3 is 2.50 bits per heavy atom. The molecule has 0 spiro atoms. The summed E-state index contributed by atoms with van der Waals surface area (Å²) < 4.78 is 6.71. The van der Waals surface area contributed by atoms with Gasteiger partial charge in [-0.2, -0.15) is 4.57 Å². The first kappa shape index (κ1) is 21.2. The van der Waals surface area contributed by atoms with Crippen molar-refractivity contribution in [3.05, 3.63) is 76.6 Å². The van der Waals surface area contributed by atoms with Crippen LogP contribution in [-0.2, 0) is 6.54 Å². The third-order valence-corrected chi connectivity index (χ3v) is 3.77. The van der Waals surface area contributed by atoms with Crippen LogP contribution in [0.15, 0.2) is 60.9 Å². The molecule has 3 rings (SSSR count). The van der Waals surface area contributed by atoms with Crippen molar-refractivity contribution in [2.75, 3.05) is 7.11 Å². The van der Waals surface area contributed by atoms with E-state index in [9.17, 15) is 14.9 Å². The predicted molar refractivity (Wildman–Crippen MR) is 91.7 cm³/mol. The summed E-state index contributed by atoms with van der Waals surface area (Å²) in [6.07, 6.45) is 3.70. The predicted octanol–water partition coefficient (Wildman–Crippen LogP) is -0.894. The molecule has 0 unspecified atom stereocenters. The number of fused-ring (bicyclic) bond motifs is 1. The summed E-state index contributed by atoms with van der Waals surface area (Å²) in [5.74, 6) is -0.0732. The second-order valence-electron chi connectivity index (χ2n) is 5.31. The molecular formula is C18H17BrN2O5. The lowest BCUT2D eigenvalue weighted by atomic mass is 10.1. The van der Waals surface area contributed by atoms with Gasteiger partial charge in [-0.15, -0.1) is 0 Å². The van der Waals surface area contributed by atoms with Gasteiger partial charge in [0.25, 0.3) is 0 Å². The molecule has 1 heterocycles. The van der Waals surface area contributed by atoms with Crippen LogP contribution in [0.5, 0.6) is 5.75 Å². The van der Waals surface area contributed by atoms with E-state index in [1.165, 1.54) is 25.3 Å². The van der Waals surface area contributed by atoms with Crippen LogP contribution >= 0.6 is 0 Å². The number of carbonyl (C=O) groups excluding carboxylic acids is 1. The van der Waals surface area contributed by atoms with Gasteiger partial charge in [-0.25, -0.2) is 0 Å². The average Bonchev–Trinajstić information content (AvgIpc) is 2.61. The standard InChI is InChI=1S/C18H15N2O4.BrH.H2O/c1-24-18-7-6-14(10-16(18)20(22)23)17(21)12-19-9-8-13-4-2-3-5-15(13)11-19;;/h2-11H,12H2,1H3;1H;1H2/q+1;;/p-1. The first-order valence-electron chi connectivity index (χ1n) is 7.32. The Morgan fingerprint density at radius 2 is 1.85 bits per heavy atom. The zero-order valence-electron chi connectivity index (χ0n) is 13.9. The SMILES string of the molecule is COc1ccc(C(=O)C[n+]2ccc3ccccc3c2)cc1[N+](=O)[O-].O.[Br-]. The highest BCUT2D eigenvalue weighted by Gasteiger charge is 2.20. The number of Topliss-reactive ketones (excluding diaryl/α,β-unsaturated/α-hetero) is 1. The lowest BCUT2D eigenvalue weighted by molar-refractivity contribution is -0.681. The largest absolute Gasteiger partial charge is 1.00 e. The van der Waals surface area contributed by atoms with Gasteiger partial charge in [-0.1, -0.05) is 18.2 Å². The van der Waals surface area contributed by atoms with E-state index in [1.807, 2.05) is 42.7 Å². The van der Waals surface area contributed by atoms with E-state index in [2.05, 4.69) is 0 Å². The molecule has 0 radical (unpaired) electrons. The van der Waals surface area contributed by atoms with E-state index < -0.39 is 4.92 Å². The highest BCUT2D eigenvalue weighted by molar-refractivity contribution is 5.96. The molecule has 7 nitrogen and oxygen atoms in total. The summed E-state index contributed by atoms with van der Waals surface area (Å²) in [5, 5.41) is 13.2. The summed E-state index contributed by atoms with van der Waals surface area (Å²) in [6.45, 7) is 0.105. The molecule has 0 saturated heterocycles. The van der Waals surface area contributed by atoms with E-state index in [1.54, 1.807) is 4.57 Å². The molecule has 0 bridgehead atoms. The normalized spacial score (nSPS) is 9.73. The Labute approximate surface area is 160 Å². The maximum absolute atomic E-state index is 12.4. The molecule has 0 amide bonds. The third kappa shape index (κ3) is 4.41. The van der Waals surface area contributed by atoms with Crippen LogP contribution in [0.3, 0.4) is 0 Å². The lowest BCUT2D eigenvalue weighted by Crippen LogP contribution is -3.00. The van der Waals surface area contributed by atoms with Crippen LogP contribution in [0.1, 0.15) is 10.4 Å². The van der Waals surface area contributed by atoms with E-state index in [0.717, 1.165) is 10.8 Å². The molecule has 0 fully saturated rings. The van der Waals surface area contributed by atoms with Gasteiger partial charge in [-0.3, -0.25) is 14.9 Å². The Morgan fingerprint density at radius 1 is 1.15 bits per heavy atom. The highest BCUT2D eigenvalue weighted by Crippen LogP contribution is 2.27. The van der Waals surface area contributed by atoms with Crippen LogP contribution in [0.2, 0.25) is 0 Å². The fourth-order valence-electron chi connectivity index (χ4n) is 2.54. The third-order valence-electron chi connectivity index (χ3n) is 3.77. The quantitative estimate of drug-likeness (QED) is 0.231. The molecule has 8 heteroatoms. The van der Waals surface area contributed by atoms with E-state index >= 15 is 0 Å². The van der Waals surface area contributed by atoms with Crippen molar-refractivity contribution >= 4 is 22.2 Å². The van der Waals surface area contributed by atoms with Crippen molar-refractivity contribution in [2.24, 2.45) is 0 Å². The first-order chi connectivity index (χ1) is 11.6. The number of hydrogen-bond acceptors (Lipinski definition) is 4. The molecular weight excluding hydrogens is 404 g/mol. The number of methoxy groups -OCH3 is 1. The Hall–Kier alpha value is -2.84. The topological polar surface area (TPSA) is 105 Å². The summed E-state index contributed by atoms with van der Waals surface area (Å²) in [6, 6.07) is 14.0. The van der Waals surface area contributed by atoms with E-state index in [4.69, 9.17) is 4.74 Å². The number of halogens is 1. The van der Waals surface area contributed by atoms with Crippen molar-refractivity contribution in [3.8, 4) is 5.75 Å². The van der Waals surface area contributed by atoms with Crippen LogP contribution in [0.25, 0.3) is 10.8 Å². The molecule has 136 valence electrons. The second kappa shape index (κ2) is 9.02. The molecule has 0 saturated carbocycles. The van der Waals surface area contributed by atoms with Crippen LogP contribution in [0, 0.1) is 10.1 Å². The molecule has 3 aromatic rings. The molecule has 0 aliphatic heterocycles. The van der Waals surface area contributed by atoms with Gasteiger partial charge in [0.1, 0.15) is 0 Å². The molecule has 0 aliphatic rings. The van der Waals surface area contributed by atoms with Crippen molar-refractivity contribution in [1.29, 1.82) is 0 Å². The number of rotatable bonds is 5. The van der Waals surface area contributed by atoms with Gasteiger partial charge in [0.2, 0.25) is 12.3 Å². The molecule has 26 heavy (non-hydrogen) atoms. The van der Waals surface area contributed by atoms with E-state index in [0.29, 0.717) is 0 Å². The number of hydrogen-bond donors (Lipinski definition) is 0. The fourth-order valence-corrected chi connectivity index (χ4v) is 2.54. The van der Waals surface area contributed by atoms with Gasteiger partial charge in [0.05, 0.1) is 12.0 Å². The number of pyridine rings is 1. The van der Waals surface area contributed by atoms with Crippen molar-refractivity contribution in [2.45, 2.75) is 6.54 Å². The number of benzene rings is 2. The van der Waals surface area contributed by atoms with Crippen LogP contribution in [0.4, 0.5) is 5.69 Å². The fraction of sp³-hybridized carbons (Fsp3) is 0.111. The van der Waals surface area contributed by atoms with Crippen molar-refractivity contribution in [1.82, 2.24) is 0 Å².